The van der Waals surface area contributed by atoms with E-state index in [9.17, 15) is 19.2 Å². The molecule has 1 aromatic carbocycles. The highest BCUT2D eigenvalue weighted by Crippen LogP contribution is 2.29. The third kappa shape index (κ3) is 9.36. The Labute approximate surface area is 221 Å². The molecule has 0 spiro atoms. The van der Waals surface area contributed by atoms with Crippen LogP contribution in [0.1, 0.15) is 34.3 Å². The summed E-state index contributed by atoms with van der Waals surface area (Å²) in [6.07, 6.45) is 0.289. The van der Waals surface area contributed by atoms with Gasteiger partial charge in [-0.25, -0.2) is 0 Å². The molecule has 0 aliphatic carbocycles. The predicted octanol–water partition coefficient (Wildman–Crippen LogP) is 0.501. The number of methoxy groups -OCH3 is 2. The quantitative estimate of drug-likeness (QED) is 0.331. The molecule has 0 radical (unpaired) electrons. The highest BCUT2D eigenvalue weighted by Gasteiger charge is 2.50. The summed E-state index contributed by atoms with van der Waals surface area (Å²) in [5.41, 5.74) is 1.06. The van der Waals surface area contributed by atoms with Crippen LogP contribution in [0.5, 0.6) is 0 Å². The van der Waals surface area contributed by atoms with Gasteiger partial charge in [0.25, 0.3) is 5.91 Å². The van der Waals surface area contributed by atoms with Crippen molar-refractivity contribution in [3.8, 4) is 0 Å². The van der Waals surface area contributed by atoms with E-state index in [2.05, 4.69) is 25.8 Å². The van der Waals surface area contributed by atoms with Gasteiger partial charge in [0.2, 0.25) is 11.8 Å². The zero-order chi connectivity index (χ0) is 28.3. The Morgan fingerprint density at radius 1 is 1.05 bits per heavy atom. The highest BCUT2D eigenvalue weighted by molar-refractivity contribution is 5.98. The number of nitrogens with one attached hydrogen (secondary N) is 3. The molecule has 1 aliphatic heterocycles. The first-order valence-corrected chi connectivity index (χ1v) is 12.0. The Morgan fingerprint density at radius 3 is 2.21 bits per heavy atom. The maximum Gasteiger partial charge on any atom is 0.274 e. The number of epoxide rings is 1. The number of ether oxygens (including phenoxy) is 3. The Morgan fingerprint density at radius 2 is 1.68 bits per heavy atom. The first-order valence-electron chi connectivity index (χ1n) is 12.0. The lowest BCUT2D eigenvalue weighted by Gasteiger charge is -2.21. The van der Waals surface area contributed by atoms with E-state index in [1.807, 2.05) is 31.2 Å². The summed E-state index contributed by atoms with van der Waals surface area (Å²) in [6.45, 7) is 5.05. The first kappa shape index (κ1) is 30.6. The molecule has 1 fully saturated rings. The second-order valence-electron chi connectivity index (χ2n) is 9.12. The number of hydrogen-bond donors (Lipinski definition) is 3. The average molecular weight is 533 g/mol. The summed E-state index contributed by atoms with van der Waals surface area (Å²) in [5, 5.41) is 11.3. The van der Waals surface area contributed by atoms with Crippen LogP contribution in [0, 0.1) is 13.8 Å². The van der Waals surface area contributed by atoms with Gasteiger partial charge in [-0.1, -0.05) is 35.0 Å². The largest absolute Gasteiger partial charge is 0.388 e. The number of aryl methyl sites for hydroxylation is 2. The molecule has 2 aromatic rings. The summed E-state index contributed by atoms with van der Waals surface area (Å²) >= 11 is 0. The maximum atomic E-state index is 12.9. The van der Waals surface area contributed by atoms with Gasteiger partial charge in [-0.05, 0) is 32.8 Å². The zero-order valence-corrected chi connectivity index (χ0v) is 22.6. The lowest BCUT2D eigenvalue weighted by atomic mass is 9.94. The molecule has 0 saturated carbocycles. The van der Waals surface area contributed by atoms with Gasteiger partial charge in [0, 0.05) is 27.4 Å². The molecule has 1 aromatic heterocycles. The number of carbonyl (C=O) groups excluding carboxylic acids is 4. The van der Waals surface area contributed by atoms with Gasteiger partial charge in [0.15, 0.2) is 11.5 Å². The lowest BCUT2D eigenvalue weighted by molar-refractivity contribution is -0.131. The fraction of sp³-hybridized carbons (Fsp3) is 0.500. The molecule has 12 nitrogen and oxygen atoms in total. The number of ketones is 1. The van der Waals surface area contributed by atoms with Crippen LogP contribution in [0.15, 0.2) is 34.9 Å². The topological polar surface area (TPSA) is 161 Å². The minimum absolute atomic E-state index is 0.0161. The number of benzene rings is 1. The van der Waals surface area contributed by atoms with Gasteiger partial charge in [-0.2, -0.15) is 0 Å². The predicted molar refractivity (Wildman–Crippen MR) is 136 cm³/mol. The smallest absolute Gasteiger partial charge is 0.274 e. The van der Waals surface area contributed by atoms with Crippen molar-refractivity contribution < 1.29 is 37.9 Å². The van der Waals surface area contributed by atoms with Crippen molar-refractivity contribution in [3.05, 3.63) is 52.9 Å². The number of carbonyl (C=O) groups is 4. The van der Waals surface area contributed by atoms with Gasteiger partial charge in [0.1, 0.15) is 17.4 Å². The van der Waals surface area contributed by atoms with Crippen molar-refractivity contribution in [2.24, 2.45) is 0 Å². The van der Waals surface area contributed by atoms with E-state index in [0.717, 1.165) is 11.1 Å². The van der Waals surface area contributed by atoms with Gasteiger partial charge >= 0.3 is 0 Å². The van der Waals surface area contributed by atoms with Crippen LogP contribution < -0.4 is 16.0 Å². The van der Waals surface area contributed by atoms with E-state index in [4.69, 9.17) is 14.0 Å². The van der Waals surface area contributed by atoms with Crippen molar-refractivity contribution in [2.45, 2.75) is 44.9 Å². The van der Waals surface area contributed by atoms with Gasteiger partial charge < -0.3 is 34.7 Å². The molecule has 2 heterocycles. The van der Waals surface area contributed by atoms with Crippen molar-refractivity contribution in [1.82, 2.24) is 21.1 Å². The number of aromatic nitrogens is 1. The molecular weight excluding hydrogens is 496 g/mol. The third-order valence-electron chi connectivity index (χ3n) is 5.55. The van der Waals surface area contributed by atoms with E-state index >= 15 is 0 Å². The summed E-state index contributed by atoms with van der Waals surface area (Å²) in [6, 6.07) is 7.19. The molecule has 1 saturated heterocycles. The lowest BCUT2D eigenvalue weighted by Crippen LogP contribution is -2.53. The molecule has 0 unspecified atom stereocenters. The fourth-order valence-corrected chi connectivity index (χ4v) is 3.38. The Kier molecular flexibility index (Phi) is 11.6. The summed E-state index contributed by atoms with van der Waals surface area (Å²) in [7, 11) is 4.63. The zero-order valence-electron chi connectivity index (χ0n) is 22.6. The van der Waals surface area contributed by atoms with Crippen LogP contribution in [0.3, 0.4) is 0 Å². The molecule has 3 atom stereocenters. The van der Waals surface area contributed by atoms with E-state index < -0.39 is 42.0 Å². The molecule has 0 bridgehead atoms. The van der Waals surface area contributed by atoms with Gasteiger partial charge in [-0.15, -0.1) is 0 Å². The van der Waals surface area contributed by atoms with Crippen LogP contribution >= 0.6 is 0 Å². The van der Waals surface area contributed by atoms with Crippen molar-refractivity contribution in [3.63, 3.8) is 0 Å². The molecule has 3 N–H and O–H groups in total. The first-order chi connectivity index (χ1) is 18.0. The van der Waals surface area contributed by atoms with Crippen molar-refractivity contribution in [2.75, 3.05) is 41.1 Å². The molecule has 208 valence electrons. The van der Waals surface area contributed by atoms with Crippen molar-refractivity contribution in [1.29, 1.82) is 0 Å². The third-order valence-corrected chi connectivity index (χ3v) is 5.55. The molecule has 38 heavy (non-hydrogen) atoms. The number of amides is 3. The average Bonchev–Trinajstić information content (AvgIpc) is 3.48. The number of nitrogens with zero attached hydrogens (tertiary/aromatic N) is 1. The van der Waals surface area contributed by atoms with Gasteiger partial charge in [0.05, 0.1) is 25.8 Å². The van der Waals surface area contributed by atoms with Crippen LogP contribution in [0.4, 0.5) is 0 Å². The number of rotatable bonds is 12. The highest BCUT2D eigenvalue weighted by atomic mass is 16.6. The van der Waals surface area contributed by atoms with E-state index in [1.54, 1.807) is 28.1 Å². The van der Waals surface area contributed by atoms with E-state index in [-0.39, 0.29) is 24.5 Å². The SMILES string of the molecule is COC.COC[C@H](NC(=O)c1cc(C)on1)C(=O)NCC(=O)N[C@@H](Cc1ccc(C)cc1)C(=O)[C@@]1(C)CO1. The summed E-state index contributed by atoms with van der Waals surface area (Å²) < 4.78 is 19.4. The Balaban J connectivity index is 0.00000161. The maximum absolute atomic E-state index is 12.9. The standard InChI is InChI=1S/C24H30N4O7.C2H6O/c1-14-5-7-16(8-6-14)10-17(21(30)24(3)13-34-24)26-20(29)11-25-22(31)19(12-33-4)27-23(32)18-9-15(2)35-28-18;1-3-2/h5-9,17,19H,10-13H2,1-4H3,(H,25,31)(H,26,29)(H,27,32);1-2H3/t17-,19-,24+;/m0./s1. The van der Waals surface area contributed by atoms with Crippen LogP contribution in [0.2, 0.25) is 0 Å². The fourth-order valence-electron chi connectivity index (χ4n) is 3.38. The Bertz CT molecular complexity index is 1090. The minimum atomic E-state index is -1.07. The van der Waals surface area contributed by atoms with Gasteiger partial charge in [-0.3, -0.25) is 19.2 Å². The normalized spacial score (nSPS) is 17.3. The second-order valence-corrected chi connectivity index (χ2v) is 9.12. The molecule has 3 amide bonds. The van der Waals surface area contributed by atoms with Crippen molar-refractivity contribution >= 4 is 23.5 Å². The molecule has 1 aliphatic rings. The molecular formula is C26H36N4O8. The van der Waals surface area contributed by atoms with E-state index in [1.165, 1.54) is 13.2 Å². The van der Waals surface area contributed by atoms with Crippen LogP contribution in [-0.4, -0.2) is 87.4 Å². The minimum Gasteiger partial charge on any atom is -0.388 e. The number of Topliss-reactive ketones (excluding diaryl/α,β-unsaturated/α-hetero) is 1. The number of hydrogen-bond acceptors (Lipinski definition) is 9. The second kappa shape index (κ2) is 14.4. The summed E-state index contributed by atoms with van der Waals surface area (Å²) in [5.74, 6) is -1.59. The van der Waals surface area contributed by atoms with E-state index in [0.29, 0.717) is 12.4 Å². The summed E-state index contributed by atoms with van der Waals surface area (Å²) in [4.78, 5) is 50.4. The molecule has 3 rings (SSSR count). The van der Waals surface area contributed by atoms with Crippen LogP contribution in [0.25, 0.3) is 0 Å². The molecule has 12 heteroatoms. The Hall–Kier alpha value is -3.61. The van der Waals surface area contributed by atoms with Crippen LogP contribution in [-0.2, 0) is 35.0 Å². The monoisotopic (exact) mass is 532 g/mol.